The molecule has 0 spiro atoms. The summed E-state index contributed by atoms with van der Waals surface area (Å²) in [6, 6.07) is 20.8. The molecule has 1 heterocycles. The van der Waals surface area contributed by atoms with Crippen LogP contribution in [-0.4, -0.2) is 41.4 Å². The molecule has 28 heavy (non-hydrogen) atoms. The summed E-state index contributed by atoms with van der Waals surface area (Å²) in [6.45, 7) is 4.26. The molecule has 0 bridgehead atoms. The summed E-state index contributed by atoms with van der Waals surface area (Å²) in [5, 5.41) is 0. The molecule has 148 valence electrons. The van der Waals surface area contributed by atoms with Crippen LogP contribution in [0, 0.1) is 0 Å². The summed E-state index contributed by atoms with van der Waals surface area (Å²) in [6.07, 6.45) is 6.80. The number of amides is 1. The van der Waals surface area contributed by atoms with Crippen molar-refractivity contribution in [1.29, 1.82) is 0 Å². The van der Waals surface area contributed by atoms with Crippen molar-refractivity contribution < 1.29 is 4.79 Å². The van der Waals surface area contributed by atoms with Gasteiger partial charge in [0.15, 0.2) is 0 Å². The van der Waals surface area contributed by atoms with Gasteiger partial charge in [-0.05, 0) is 30.5 Å². The van der Waals surface area contributed by atoms with Gasteiger partial charge in [-0.15, -0.1) is 0 Å². The number of rotatable bonds is 10. The highest BCUT2D eigenvalue weighted by atomic mass is 16.2. The van der Waals surface area contributed by atoms with Gasteiger partial charge in [0.2, 0.25) is 5.91 Å². The normalized spacial score (nSPS) is 14.6. The summed E-state index contributed by atoms with van der Waals surface area (Å²) < 4.78 is 0. The zero-order valence-electron chi connectivity index (χ0n) is 16.5. The van der Waals surface area contributed by atoms with Crippen molar-refractivity contribution in [1.82, 2.24) is 9.80 Å². The predicted octanol–water partition coefficient (Wildman–Crippen LogP) is 3.58. The van der Waals surface area contributed by atoms with Gasteiger partial charge in [0, 0.05) is 26.2 Å². The van der Waals surface area contributed by atoms with Gasteiger partial charge >= 0.3 is 0 Å². The number of hydrogen-bond acceptors (Lipinski definition) is 3. The van der Waals surface area contributed by atoms with E-state index in [0.717, 1.165) is 38.9 Å². The van der Waals surface area contributed by atoms with Crippen molar-refractivity contribution in [2.45, 2.75) is 38.4 Å². The molecule has 2 aromatic carbocycles. The first-order valence-electron chi connectivity index (χ1n) is 10.2. The Balaban J connectivity index is 1.47. The molecule has 1 aliphatic heterocycles. The summed E-state index contributed by atoms with van der Waals surface area (Å²) in [4.78, 5) is 16.6. The quantitative estimate of drug-likeness (QED) is 0.508. The Labute approximate surface area is 168 Å². The zero-order chi connectivity index (χ0) is 19.6. The number of carbonyl (C=O) groups excluding carboxylic acids is 1. The lowest BCUT2D eigenvalue weighted by Crippen LogP contribution is -2.42. The molecule has 2 aromatic rings. The zero-order valence-corrected chi connectivity index (χ0v) is 16.5. The molecule has 0 unspecified atom stereocenters. The fraction of sp³-hybridized carbons (Fsp3) is 0.375. The third-order valence-electron chi connectivity index (χ3n) is 5.18. The summed E-state index contributed by atoms with van der Waals surface area (Å²) in [7, 11) is 0. The van der Waals surface area contributed by atoms with E-state index in [1.54, 1.807) is 0 Å². The molecule has 1 atom stereocenters. The average Bonchev–Trinajstić information content (AvgIpc) is 3.27. The molecule has 0 aliphatic carbocycles. The van der Waals surface area contributed by atoms with Gasteiger partial charge < -0.3 is 10.6 Å². The van der Waals surface area contributed by atoms with Crippen LogP contribution in [0.5, 0.6) is 0 Å². The van der Waals surface area contributed by atoms with Crippen LogP contribution in [0.15, 0.2) is 72.8 Å². The lowest BCUT2D eigenvalue weighted by molar-refractivity contribution is -0.131. The fourth-order valence-electron chi connectivity index (χ4n) is 3.61. The van der Waals surface area contributed by atoms with E-state index < -0.39 is 0 Å². The van der Waals surface area contributed by atoms with E-state index in [9.17, 15) is 4.79 Å². The molecule has 0 fully saturated rings. The van der Waals surface area contributed by atoms with Gasteiger partial charge in [-0.25, -0.2) is 0 Å². The van der Waals surface area contributed by atoms with Crippen LogP contribution >= 0.6 is 0 Å². The topological polar surface area (TPSA) is 49.6 Å². The molecule has 0 radical (unpaired) electrons. The fourth-order valence-corrected chi connectivity index (χ4v) is 3.61. The van der Waals surface area contributed by atoms with Gasteiger partial charge in [-0.3, -0.25) is 9.69 Å². The predicted molar refractivity (Wildman–Crippen MR) is 115 cm³/mol. The Morgan fingerprint density at radius 2 is 1.43 bits per heavy atom. The Hall–Kier alpha value is -2.43. The van der Waals surface area contributed by atoms with Crippen LogP contribution in [0.1, 0.15) is 30.4 Å². The third kappa shape index (κ3) is 6.32. The SMILES string of the molecule is N[C@@H](CCCCN(Cc1ccccc1)Cc1ccccc1)C(=O)N1CC=CC1. The summed E-state index contributed by atoms with van der Waals surface area (Å²) in [5.41, 5.74) is 8.78. The smallest absolute Gasteiger partial charge is 0.240 e. The van der Waals surface area contributed by atoms with Crippen molar-refractivity contribution in [2.75, 3.05) is 19.6 Å². The second-order valence-electron chi connectivity index (χ2n) is 7.50. The van der Waals surface area contributed by atoms with E-state index in [1.165, 1.54) is 11.1 Å². The largest absolute Gasteiger partial charge is 0.334 e. The number of unbranched alkanes of at least 4 members (excludes halogenated alkanes) is 1. The van der Waals surface area contributed by atoms with E-state index in [1.807, 2.05) is 17.1 Å². The van der Waals surface area contributed by atoms with Crippen LogP contribution in [0.3, 0.4) is 0 Å². The number of benzene rings is 2. The van der Waals surface area contributed by atoms with Gasteiger partial charge in [0.25, 0.3) is 0 Å². The second-order valence-corrected chi connectivity index (χ2v) is 7.50. The van der Waals surface area contributed by atoms with Crippen LogP contribution < -0.4 is 5.73 Å². The maximum absolute atomic E-state index is 12.3. The minimum absolute atomic E-state index is 0.0791. The Kier molecular flexibility index (Phi) is 7.82. The lowest BCUT2D eigenvalue weighted by atomic mass is 10.1. The Bertz CT molecular complexity index is 695. The monoisotopic (exact) mass is 377 g/mol. The van der Waals surface area contributed by atoms with Crippen LogP contribution in [-0.2, 0) is 17.9 Å². The maximum atomic E-state index is 12.3. The standard InChI is InChI=1S/C24H31N3O/c25-23(24(28)27-17-9-10-18-27)15-7-8-16-26(19-21-11-3-1-4-12-21)20-22-13-5-2-6-14-22/h1-6,9-14,23H,7-8,15-20,25H2/t23-/m0/s1. The number of carbonyl (C=O) groups is 1. The van der Waals surface area contributed by atoms with E-state index in [2.05, 4.69) is 65.6 Å². The third-order valence-corrected chi connectivity index (χ3v) is 5.18. The lowest BCUT2D eigenvalue weighted by Gasteiger charge is -2.23. The number of nitrogens with two attached hydrogens (primary N) is 1. The molecule has 4 nitrogen and oxygen atoms in total. The Morgan fingerprint density at radius 3 is 1.96 bits per heavy atom. The first-order valence-corrected chi connectivity index (χ1v) is 10.2. The maximum Gasteiger partial charge on any atom is 0.240 e. The van der Waals surface area contributed by atoms with Crippen LogP contribution in [0.2, 0.25) is 0 Å². The summed E-state index contributed by atoms with van der Waals surface area (Å²) >= 11 is 0. The molecule has 0 saturated carbocycles. The molecule has 0 aromatic heterocycles. The number of nitrogens with zero attached hydrogens (tertiary/aromatic N) is 2. The first kappa shape index (κ1) is 20.3. The van der Waals surface area contributed by atoms with Gasteiger partial charge in [-0.1, -0.05) is 79.2 Å². The van der Waals surface area contributed by atoms with E-state index in [-0.39, 0.29) is 11.9 Å². The molecule has 0 saturated heterocycles. The first-order chi connectivity index (χ1) is 13.7. The number of hydrogen-bond donors (Lipinski definition) is 1. The molecule has 1 aliphatic rings. The van der Waals surface area contributed by atoms with Gasteiger partial charge in [-0.2, -0.15) is 0 Å². The highest BCUT2D eigenvalue weighted by Gasteiger charge is 2.20. The van der Waals surface area contributed by atoms with Crippen molar-refractivity contribution in [2.24, 2.45) is 5.73 Å². The van der Waals surface area contributed by atoms with Crippen molar-refractivity contribution in [3.05, 3.63) is 83.9 Å². The van der Waals surface area contributed by atoms with E-state index >= 15 is 0 Å². The molecular weight excluding hydrogens is 346 g/mol. The molecule has 1 amide bonds. The van der Waals surface area contributed by atoms with E-state index in [4.69, 9.17) is 5.73 Å². The minimum atomic E-state index is -0.378. The molecule has 4 heteroatoms. The van der Waals surface area contributed by atoms with Crippen LogP contribution in [0.4, 0.5) is 0 Å². The minimum Gasteiger partial charge on any atom is -0.334 e. The van der Waals surface area contributed by atoms with Gasteiger partial charge in [0.05, 0.1) is 6.04 Å². The Morgan fingerprint density at radius 1 is 0.893 bits per heavy atom. The molecule has 2 N–H and O–H groups in total. The van der Waals surface area contributed by atoms with Crippen molar-refractivity contribution in [3.63, 3.8) is 0 Å². The van der Waals surface area contributed by atoms with Crippen molar-refractivity contribution in [3.8, 4) is 0 Å². The highest BCUT2D eigenvalue weighted by molar-refractivity contribution is 5.82. The molecule has 3 rings (SSSR count). The van der Waals surface area contributed by atoms with Crippen molar-refractivity contribution >= 4 is 5.91 Å². The highest BCUT2D eigenvalue weighted by Crippen LogP contribution is 2.13. The average molecular weight is 378 g/mol. The van der Waals surface area contributed by atoms with Gasteiger partial charge in [0.1, 0.15) is 0 Å². The molecular formula is C24H31N3O. The van der Waals surface area contributed by atoms with E-state index in [0.29, 0.717) is 13.1 Å². The second kappa shape index (κ2) is 10.8. The van der Waals surface area contributed by atoms with Crippen LogP contribution in [0.25, 0.3) is 0 Å². The summed E-state index contributed by atoms with van der Waals surface area (Å²) in [5.74, 6) is 0.0791.